The summed E-state index contributed by atoms with van der Waals surface area (Å²) in [7, 11) is 4.41. The molecule has 0 radical (unpaired) electrons. The lowest BCUT2D eigenvalue weighted by atomic mass is 10.1. The van der Waals surface area contributed by atoms with Crippen LogP contribution in [-0.4, -0.2) is 49.9 Å². The Morgan fingerprint density at radius 1 is 1.14 bits per heavy atom. The number of nitrogens with zero attached hydrogens (tertiary/aromatic N) is 2. The minimum atomic E-state index is -0.751. The first-order valence-corrected chi connectivity index (χ1v) is 9.04. The third-order valence-corrected chi connectivity index (χ3v) is 4.29. The molecule has 0 aliphatic heterocycles. The minimum absolute atomic E-state index is 0.0481. The quantitative estimate of drug-likeness (QED) is 0.631. The van der Waals surface area contributed by atoms with Crippen LogP contribution in [0.2, 0.25) is 0 Å². The molecule has 2 rings (SSSR count). The Morgan fingerprint density at radius 3 is 2.28 bits per heavy atom. The Kier molecular flexibility index (Phi) is 7.43. The first-order chi connectivity index (χ1) is 13.9. The third kappa shape index (κ3) is 4.77. The fraction of sp³-hybridized carbons (Fsp3) is 0.421. The molecular weight excluding hydrogens is 380 g/mol. The van der Waals surface area contributed by atoms with Crippen LogP contribution in [0, 0.1) is 0 Å². The molecule has 10 nitrogen and oxygen atoms in total. The maximum atomic E-state index is 13.3. The Bertz CT molecular complexity index is 959. The maximum absolute atomic E-state index is 13.3. The summed E-state index contributed by atoms with van der Waals surface area (Å²) in [5, 5.41) is 0. The molecule has 1 amide bonds. The number of nitrogen functional groups attached to an aromatic ring is 1. The lowest BCUT2D eigenvalue weighted by molar-refractivity contribution is 0.0975. The van der Waals surface area contributed by atoms with Crippen LogP contribution in [0.25, 0.3) is 0 Å². The summed E-state index contributed by atoms with van der Waals surface area (Å²) in [6.07, 6.45) is 0.620. The Morgan fingerprint density at radius 2 is 1.76 bits per heavy atom. The molecule has 0 bridgehead atoms. The summed E-state index contributed by atoms with van der Waals surface area (Å²) in [6, 6.07) is 4.67. The summed E-state index contributed by atoms with van der Waals surface area (Å²) in [5.41, 5.74) is 4.87. The number of benzene rings is 1. The Labute approximate surface area is 167 Å². The molecule has 3 N–H and O–H groups in total. The number of ether oxygens (including phenoxy) is 3. The third-order valence-electron chi connectivity index (χ3n) is 4.29. The van der Waals surface area contributed by atoms with Crippen LogP contribution in [0.3, 0.4) is 0 Å². The van der Waals surface area contributed by atoms with Crippen molar-refractivity contribution in [3.63, 3.8) is 0 Å². The molecule has 10 heteroatoms. The summed E-state index contributed by atoms with van der Waals surface area (Å²) in [4.78, 5) is 41.4. The van der Waals surface area contributed by atoms with Gasteiger partial charge in [-0.15, -0.1) is 0 Å². The van der Waals surface area contributed by atoms with Gasteiger partial charge in [0.25, 0.3) is 11.5 Å². The summed E-state index contributed by atoms with van der Waals surface area (Å²) in [6.45, 7) is 2.37. The first kappa shape index (κ1) is 22.0. The van der Waals surface area contributed by atoms with Crippen LogP contribution in [0.15, 0.2) is 27.8 Å². The molecule has 0 unspecified atom stereocenters. The minimum Gasteiger partial charge on any atom is -0.497 e. The Hall–Kier alpha value is -3.27. The molecule has 158 valence electrons. The molecule has 0 atom stereocenters. The number of carbonyl (C=O) groups excluding carboxylic acids is 1. The number of nitrogens with one attached hydrogen (secondary N) is 1. The number of amides is 1. The second-order valence-corrected chi connectivity index (χ2v) is 6.20. The van der Waals surface area contributed by atoms with Crippen molar-refractivity contribution in [1.82, 2.24) is 9.55 Å². The van der Waals surface area contributed by atoms with Gasteiger partial charge in [-0.3, -0.25) is 24.0 Å². The van der Waals surface area contributed by atoms with E-state index in [0.29, 0.717) is 24.5 Å². The van der Waals surface area contributed by atoms with E-state index in [-0.39, 0.29) is 30.2 Å². The predicted octanol–water partition coefficient (Wildman–Crippen LogP) is 0.839. The van der Waals surface area contributed by atoms with Crippen LogP contribution >= 0.6 is 0 Å². The smallest absolute Gasteiger partial charge is 0.330 e. The van der Waals surface area contributed by atoms with Gasteiger partial charge in [0.15, 0.2) is 5.69 Å². The van der Waals surface area contributed by atoms with E-state index in [4.69, 9.17) is 19.9 Å². The fourth-order valence-corrected chi connectivity index (χ4v) is 2.87. The van der Waals surface area contributed by atoms with Crippen LogP contribution in [0.1, 0.15) is 23.7 Å². The van der Waals surface area contributed by atoms with Gasteiger partial charge in [0.05, 0.1) is 20.8 Å². The van der Waals surface area contributed by atoms with Crippen molar-refractivity contribution in [1.29, 1.82) is 0 Å². The maximum Gasteiger partial charge on any atom is 0.330 e. The van der Waals surface area contributed by atoms with E-state index in [1.807, 2.05) is 6.92 Å². The molecule has 29 heavy (non-hydrogen) atoms. The van der Waals surface area contributed by atoms with E-state index < -0.39 is 17.2 Å². The molecule has 0 spiro atoms. The van der Waals surface area contributed by atoms with E-state index in [2.05, 4.69) is 4.98 Å². The number of hydrogen-bond acceptors (Lipinski definition) is 7. The highest BCUT2D eigenvalue weighted by Crippen LogP contribution is 2.26. The monoisotopic (exact) mass is 406 g/mol. The average molecular weight is 406 g/mol. The number of rotatable bonds is 9. The molecular formula is C19H26N4O6. The molecule has 0 aliphatic rings. The molecule has 0 saturated heterocycles. The average Bonchev–Trinajstić information content (AvgIpc) is 2.72. The molecule has 1 aromatic heterocycles. The van der Waals surface area contributed by atoms with Gasteiger partial charge < -0.3 is 19.9 Å². The van der Waals surface area contributed by atoms with Crippen LogP contribution in [0.4, 0.5) is 11.5 Å². The van der Waals surface area contributed by atoms with Gasteiger partial charge in [0.1, 0.15) is 17.3 Å². The number of aromatic amines is 1. The molecule has 0 aliphatic carbocycles. The van der Waals surface area contributed by atoms with Crippen LogP contribution in [-0.2, 0) is 11.3 Å². The molecule has 0 fully saturated rings. The van der Waals surface area contributed by atoms with Gasteiger partial charge in [-0.2, -0.15) is 0 Å². The number of methoxy groups -OCH3 is 3. The number of aromatic nitrogens is 2. The lowest BCUT2D eigenvalue weighted by Crippen LogP contribution is -2.42. The normalized spacial score (nSPS) is 10.6. The number of carbonyl (C=O) groups is 1. The highest BCUT2D eigenvalue weighted by molar-refractivity contribution is 6.07. The van der Waals surface area contributed by atoms with E-state index >= 15 is 0 Å². The highest BCUT2D eigenvalue weighted by atomic mass is 16.5. The molecule has 2 aromatic rings. The topological polar surface area (TPSA) is 129 Å². The predicted molar refractivity (Wildman–Crippen MR) is 109 cm³/mol. The number of nitrogens with two attached hydrogens (primary N) is 1. The standard InChI is InChI=1S/C19H26N4O6/c1-5-6-23-16(20)15(17(24)21-19(23)26)22(7-8-27-2)18(25)12-9-13(28-3)11-14(10-12)29-4/h9-11H,5-8,20H2,1-4H3,(H,21,24,26). The SMILES string of the molecule is CCCn1c(N)c(N(CCOC)C(=O)c2cc(OC)cc(OC)c2)c(=O)[nH]c1=O. The fourth-order valence-electron chi connectivity index (χ4n) is 2.87. The molecule has 0 saturated carbocycles. The van der Waals surface area contributed by atoms with Gasteiger partial charge in [-0.1, -0.05) is 6.92 Å². The van der Waals surface area contributed by atoms with E-state index in [1.165, 1.54) is 42.9 Å². The highest BCUT2D eigenvalue weighted by Gasteiger charge is 2.26. The van der Waals surface area contributed by atoms with E-state index in [9.17, 15) is 14.4 Å². The Balaban J connectivity index is 2.64. The lowest BCUT2D eigenvalue weighted by Gasteiger charge is -2.24. The van der Waals surface area contributed by atoms with Gasteiger partial charge >= 0.3 is 5.69 Å². The van der Waals surface area contributed by atoms with E-state index in [0.717, 1.165) is 0 Å². The van der Waals surface area contributed by atoms with Crippen LogP contribution < -0.4 is 31.4 Å². The van der Waals surface area contributed by atoms with Crippen molar-refractivity contribution in [2.24, 2.45) is 0 Å². The summed E-state index contributed by atoms with van der Waals surface area (Å²) >= 11 is 0. The van der Waals surface area contributed by atoms with Crippen molar-refractivity contribution in [3.05, 3.63) is 44.6 Å². The zero-order chi connectivity index (χ0) is 21.6. The summed E-state index contributed by atoms with van der Waals surface area (Å²) in [5.74, 6) is 0.229. The zero-order valence-electron chi connectivity index (χ0n) is 17.0. The van der Waals surface area contributed by atoms with Crippen molar-refractivity contribution in [2.75, 3.05) is 45.1 Å². The summed E-state index contributed by atoms with van der Waals surface area (Å²) < 4.78 is 16.7. The van der Waals surface area contributed by atoms with Gasteiger partial charge in [-0.25, -0.2) is 4.79 Å². The van der Waals surface area contributed by atoms with Crippen molar-refractivity contribution in [2.45, 2.75) is 19.9 Å². The van der Waals surface area contributed by atoms with Gasteiger partial charge in [-0.05, 0) is 18.6 Å². The van der Waals surface area contributed by atoms with Crippen LogP contribution in [0.5, 0.6) is 11.5 Å². The van der Waals surface area contributed by atoms with Gasteiger partial charge in [0, 0.05) is 31.8 Å². The second-order valence-electron chi connectivity index (χ2n) is 6.20. The second kappa shape index (κ2) is 9.78. The first-order valence-electron chi connectivity index (χ1n) is 9.04. The zero-order valence-corrected chi connectivity index (χ0v) is 17.0. The number of anilines is 2. The largest absolute Gasteiger partial charge is 0.497 e. The van der Waals surface area contributed by atoms with E-state index in [1.54, 1.807) is 6.07 Å². The number of hydrogen-bond donors (Lipinski definition) is 2. The molecule has 1 heterocycles. The van der Waals surface area contributed by atoms with Crippen molar-refractivity contribution >= 4 is 17.4 Å². The molecule has 1 aromatic carbocycles. The van der Waals surface area contributed by atoms with Gasteiger partial charge in [0.2, 0.25) is 0 Å². The van der Waals surface area contributed by atoms with Crippen molar-refractivity contribution < 1.29 is 19.0 Å². The van der Waals surface area contributed by atoms with Crippen molar-refractivity contribution in [3.8, 4) is 11.5 Å². The number of H-pyrrole nitrogens is 1.